The Morgan fingerprint density at radius 2 is 2.22 bits per heavy atom. The summed E-state index contributed by atoms with van der Waals surface area (Å²) in [6.45, 7) is 0.908. The molecule has 23 heavy (non-hydrogen) atoms. The molecule has 4 rings (SSSR count). The van der Waals surface area contributed by atoms with Crippen LogP contribution in [-0.4, -0.2) is 35.7 Å². The number of carbonyl (C=O) groups is 1. The van der Waals surface area contributed by atoms with E-state index in [-0.39, 0.29) is 5.91 Å². The Morgan fingerprint density at radius 1 is 1.39 bits per heavy atom. The predicted octanol–water partition coefficient (Wildman–Crippen LogP) is 1.46. The predicted molar refractivity (Wildman–Crippen MR) is 82.2 cm³/mol. The second-order valence-electron chi connectivity index (χ2n) is 5.89. The number of aromatic nitrogens is 2. The van der Waals surface area contributed by atoms with E-state index in [0.717, 1.165) is 24.4 Å². The Hall–Kier alpha value is -2.57. The van der Waals surface area contributed by atoms with E-state index >= 15 is 0 Å². The van der Waals surface area contributed by atoms with Crippen LogP contribution in [0, 0.1) is 0 Å². The molecule has 1 saturated carbocycles. The van der Waals surface area contributed by atoms with Crippen molar-refractivity contribution < 1.29 is 14.1 Å². The number of nitrogens with zero attached hydrogens (tertiary/aromatic N) is 3. The molecule has 1 aliphatic carbocycles. The van der Waals surface area contributed by atoms with Crippen LogP contribution < -0.4 is 15.0 Å². The molecule has 1 amide bonds. The van der Waals surface area contributed by atoms with Crippen molar-refractivity contribution in [2.24, 2.45) is 0 Å². The molecule has 0 radical (unpaired) electrons. The molecule has 1 aliphatic heterocycles. The first-order valence-electron chi connectivity index (χ1n) is 7.79. The molecule has 0 saturated heterocycles. The fourth-order valence-electron chi connectivity index (χ4n) is 2.76. The number of ether oxygens (including phenoxy) is 1. The van der Waals surface area contributed by atoms with Gasteiger partial charge in [0.25, 0.3) is 5.91 Å². The van der Waals surface area contributed by atoms with Crippen LogP contribution >= 0.6 is 0 Å². The lowest BCUT2D eigenvalue weighted by Gasteiger charge is -2.34. The Labute approximate surface area is 133 Å². The monoisotopic (exact) mass is 314 g/mol. The van der Waals surface area contributed by atoms with Gasteiger partial charge in [0.15, 0.2) is 11.9 Å². The van der Waals surface area contributed by atoms with Crippen molar-refractivity contribution in [1.29, 1.82) is 0 Å². The van der Waals surface area contributed by atoms with Crippen LogP contribution in [0.5, 0.6) is 5.75 Å². The topological polar surface area (TPSA) is 80.5 Å². The van der Waals surface area contributed by atoms with Gasteiger partial charge in [0.1, 0.15) is 5.75 Å². The zero-order chi connectivity index (χ0) is 15.8. The summed E-state index contributed by atoms with van der Waals surface area (Å²) < 4.78 is 11.1. The van der Waals surface area contributed by atoms with Crippen molar-refractivity contribution in [3.8, 4) is 5.75 Å². The third-order valence-electron chi connectivity index (χ3n) is 4.15. The summed E-state index contributed by atoms with van der Waals surface area (Å²) in [5.74, 6) is 2.37. The Kier molecular flexibility index (Phi) is 3.40. The number of benzene rings is 1. The van der Waals surface area contributed by atoms with Gasteiger partial charge in [0.05, 0.1) is 18.8 Å². The zero-order valence-corrected chi connectivity index (χ0v) is 12.9. The number of carbonyl (C=O) groups excluding carboxylic acids is 1. The molecule has 1 aromatic heterocycles. The van der Waals surface area contributed by atoms with Crippen molar-refractivity contribution >= 4 is 11.6 Å². The van der Waals surface area contributed by atoms with E-state index in [4.69, 9.17) is 9.26 Å². The Bertz CT molecular complexity index is 726. The van der Waals surface area contributed by atoms with Crippen molar-refractivity contribution in [2.45, 2.75) is 31.4 Å². The van der Waals surface area contributed by atoms with Gasteiger partial charge in [0, 0.05) is 13.0 Å². The largest absolute Gasteiger partial charge is 0.477 e. The lowest BCUT2D eigenvalue weighted by atomic mass is 10.1. The standard InChI is InChI=1S/C16H18N4O3/c1-17-16(21)13-8-20(11-4-2-3-5-12(11)22-13)9-14-18-15(19-23-14)10-6-7-10/h2-5,10,13H,6-9H2,1H3,(H,17,21). The average molecular weight is 314 g/mol. The fraction of sp³-hybridized carbons (Fsp3) is 0.438. The number of anilines is 1. The minimum Gasteiger partial charge on any atom is -0.477 e. The van der Waals surface area contributed by atoms with Crippen LogP contribution in [0.15, 0.2) is 28.8 Å². The summed E-state index contributed by atoms with van der Waals surface area (Å²) in [6, 6.07) is 7.66. The van der Waals surface area contributed by atoms with E-state index in [2.05, 4.69) is 15.5 Å². The second kappa shape index (κ2) is 5.57. The highest BCUT2D eigenvalue weighted by molar-refractivity contribution is 5.83. The molecule has 2 aliphatic rings. The number of nitrogens with one attached hydrogen (secondary N) is 1. The van der Waals surface area contributed by atoms with Crippen LogP contribution in [0.3, 0.4) is 0 Å². The molecule has 2 heterocycles. The summed E-state index contributed by atoms with van der Waals surface area (Å²) in [7, 11) is 1.61. The van der Waals surface area contributed by atoms with Gasteiger partial charge in [-0.1, -0.05) is 17.3 Å². The number of para-hydroxylation sites is 2. The summed E-state index contributed by atoms with van der Waals surface area (Å²) in [5, 5.41) is 6.68. The normalized spacial score (nSPS) is 19.9. The SMILES string of the molecule is CNC(=O)C1CN(Cc2nc(C3CC3)no2)c2ccccc2O1. The number of hydrogen-bond acceptors (Lipinski definition) is 6. The number of hydrogen-bond donors (Lipinski definition) is 1. The molecule has 1 unspecified atom stereocenters. The molecule has 1 N–H and O–H groups in total. The number of rotatable bonds is 4. The third kappa shape index (κ3) is 2.74. The highest BCUT2D eigenvalue weighted by Crippen LogP contribution is 2.38. The second-order valence-corrected chi connectivity index (χ2v) is 5.89. The van der Waals surface area contributed by atoms with Gasteiger partial charge in [-0.05, 0) is 25.0 Å². The molecular weight excluding hydrogens is 296 g/mol. The van der Waals surface area contributed by atoms with Crippen LogP contribution in [0.1, 0.15) is 30.5 Å². The first-order chi connectivity index (χ1) is 11.2. The van der Waals surface area contributed by atoms with Gasteiger partial charge in [0.2, 0.25) is 5.89 Å². The minimum atomic E-state index is -0.555. The summed E-state index contributed by atoms with van der Waals surface area (Å²) in [4.78, 5) is 18.5. The van der Waals surface area contributed by atoms with Crippen LogP contribution in [0.2, 0.25) is 0 Å². The molecule has 7 nitrogen and oxygen atoms in total. The minimum absolute atomic E-state index is 0.145. The summed E-state index contributed by atoms with van der Waals surface area (Å²) in [5.41, 5.74) is 0.929. The quantitative estimate of drug-likeness (QED) is 0.920. The van der Waals surface area contributed by atoms with Crippen molar-refractivity contribution in [3.63, 3.8) is 0 Å². The maximum Gasteiger partial charge on any atom is 0.262 e. The molecule has 0 bridgehead atoms. The molecule has 1 fully saturated rings. The van der Waals surface area contributed by atoms with Gasteiger partial charge in [-0.15, -0.1) is 0 Å². The zero-order valence-electron chi connectivity index (χ0n) is 12.9. The molecule has 120 valence electrons. The van der Waals surface area contributed by atoms with Gasteiger partial charge in [-0.3, -0.25) is 4.79 Å². The van der Waals surface area contributed by atoms with E-state index < -0.39 is 6.10 Å². The maximum atomic E-state index is 12.0. The van der Waals surface area contributed by atoms with Crippen molar-refractivity contribution in [1.82, 2.24) is 15.5 Å². The van der Waals surface area contributed by atoms with Crippen molar-refractivity contribution in [3.05, 3.63) is 36.0 Å². The van der Waals surface area contributed by atoms with E-state index in [1.54, 1.807) is 7.05 Å². The molecule has 1 atom stereocenters. The van der Waals surface area contributed by atoms with Gasteiger partial charge in [-0.2, -0.15) is 4.98 Å². The Morgan fingerprint density at radius 3 is 3.00 bits per heavy atom. The molecule has 0 spiro atoms. The van der Waals surface area contributed by atoms with E-state index in [0.29, 0.717) is 30.6 Å². The lowest BCUT2D eigenvalue weighted by molar-refractivity contribution is -0.127. The number of fused-ring (bicyclic) bond motifs is 1. The first kappa shape index (κ1) is 14.0. The molecule has 2 aromatic rings. The van der Waals surface area contributed by atoms with Gasteiger partial charge >= 0.3 is 0 Å². The lowest BCUT2D eigenvalue weighted by Crippen LogP contribution is -2.48. The first-order valence-corrected chi connectivity index (χ1v) is 7.79. The van der Waals surface area contributed by atoms with E-state index in [1.165, 1.54) is 0 Å². The molecule has 1 aromatic carbocycles. The fourth-order valence-corrected chi connectivity index (χ4v) is 2.76. The van der Waals surface area contributed by atoms with Crippen LogP contribution in [0.25, 0.3) is 0 Å². The van der Waals surface area contributed by atoms with Crippen LogP contribution in [-0.2, 0) is 11.3 Å². The Balaban J connectivity index is 1.58. The third-order valence-corrected chi connectivity index (χ3v) is 4.15. The molecular formula is C16H18N4O3. The molecule has 7 heteroatoms. The van der Waals surface area contributed by atoms with E-state index in [1.807, 2.05) is 29.2 Å². The number of likely N-dealkylation sites (N-methyl/N-ethyl adjacent to an activating group) is 1. The maximum absolute atomic E-state index is 12.0. The summed E-state index contributed by atoms with van der Waals surface area (Å²) in [6.07, 6.45) is 1.72. The van der Waals surface area contributed by atoms with Gasteiger partial charge in [-0.25, -0.2) is 0 Å². The van der Waals surface area contributed by atoms with Crippen molar-refractivity contribution in [2.75, 3.05) is 18.5 Å². The average Bonchev–Trinajstić information content (AvgIpc) is 3.34. The smallest absolute Gasteiger partial charge is 0.262 e. The van der Waals surface area contributed by atoms with Gasteiger partial charge < -0.3 is 19.5 Å². The summed E-state index contributed by atoms with van der Waals surface area (Å²) >= 11 is 0. The number of amides is 1. The highest BCUT2D eigenvalue weighted by Gasteiger charge is 2.32. The van der Waals surface area contributed by atoms with E-state index in [9.17, 15) is 4.79 Å². The highest BCUT2D eigenvalue weighted by atomic mass is 16.5. The van der Waals surface area contributed by atoms with Crippen LogP contribution in [0.4, 0.5) is 5.69 Å².